The smallest absolute Gasteiger partial charge is 0.336 e. The number of benzene rings is 1. The predicted molar refractivity (Wildman–Crippen MR) is 101 cm³/mol. The van der Waals surface area contributed by atoms with Crippen LogP contribution in [-0.4, -0.2) is 66.4 Å². The summed E-state index contributed by atoms with van der Waals surface area (Å²) in [4.78, 5) is 11.6. The van der Waals surface area contributed by atoms with Crippen LogP contribution in [0.25, 0.3) is 11.0 Å². The Morgan fingerprint density at radius 1 is 1.17 bits per heavy atom. The fourth-order valence-corrected chi connectivity index (χ4v) is 3.36. The molecule has 0 aliphatic carbocycles. The van der Waals surface area contributed by atoms with Gasteiger partial charge in [0, 0.05) is 17.5 Å². The largest absolute Gasteiger partial charge is 0.487 e. The highest BCUT2D eigenvalue weighted by molar-refractivity contribution is 5.81. The van der Waals surface area contributed by atoms with Gasteiger partial charge in [0.2, 0.25) is 0 Å². The van der Waals surface area contributed by atoms with Gasteiger partial charge in [0.05, 0.1) is 12.8 Å². The fourth-order valence-electron chi connectivity index (χ4n) is 3.36. The molecule has 11 nitrogen and oxygen atoms in total. The number of hydrogen-bond donors (Lipinski definition) is 4. The van der Waals surface area contributed by atoms with Crippen LogP contribution in [0.5, 0.6) is 5.75 Å². The Hall–Kier alpha value is -2.83. The number of nitrogens with zero attached hydrogens (tertiary/aromatic N) is 3. The molecule has 5 atom stereocenters. The second kappa shape index (κ2) is 8.13. The number of aromatic nitrogens is 3. The van der Waals surface area contributed by atoms with E-state index in [9.17, 15) is 25.2 Å². The average Bonchev–Trinajstić information content (AvgIpc) is 3.19. The minimum absolute atomic E-state index is 0.0268. The minimum Gasteiger partial charge on any atom is -0.487 e. The molecule has 0 saturated carbocycles. The molecule has 2 aromatic heterocycles. The van der Waals surface area contributed by atoms with Gasteiger partial charge in [-0.05, 0) is 24.6 Å². The van der Waals surface area contributed by atoms with Gasteiger partial charge in [0.25, 0.3) is 0 Å². The van der Waals surface area contributed by atoms with E-state index in [1.807, 2.05) is 6.92 Å². The Kier molecular flexibility index (Phi) is 5.54. The van der Waals surface area contributed by atoms with Crippen LogP contribution in [0.4, 0.5) is 0 Å². The topological polar surface area (TPSA) is 160 Å². The molecular weight excluding hydrogens is 398 g/mol. The summed E-state index contributed by atoms with van der Waals surface area (Å²) in [5.41, 5.74) is 1.16. The van der Waals surface area contributed by atoms with Gasteiger partial charge in [-0.1, -0.05) is 5.21 Å². The molecule has 0 bridgehead atoms. The highest BCUT2D eigenvalue weighted by Gasteiger charge is 2.44. The van der Waals surface area contributed by atoms with E-state index in [2.05, 4.69) is 10.3 Å². The Balaban J connectivity index is 1.47. The van der Waals surface area contributed by atoms with Crippen LogP contribution < -0.4 is 10.4 Å². The van der Waals surface area contributed by atoms with Crippen LogP contribution in [0.1, 0.15) is 17.5 Å². The molecule has 1 saturated heterocycles. The number of ether oxygens (including phenoxy) is 2. The quantitative estimate of drug-likeness (QED) is 0.387. The van der Waals surface area contributed by atoms with E-state index in [1.165, 1.54) is 16.9 Å². The molecule has 1 aliphatic rings. The van der Waals surface area contributed by atoms with E-state index < -0.39 is 42.9 Å². The van der Waals surface area contributed by atoms with E-state index in [0.29, 0.717) is 17.0 Å². The number of aliphatic hydroxyl groups excluding tert-OH is 4. The number of aliphatic hydroxyl groups is 4. The molecule has 1 aromatic carbocycles. The summed E-state index contributed by atoms with van der Waals surface area (Å²) in [6.45, 7) is 1.31. The van der Waals surface area contributed by atoms with Crippen molar-refractivity contribution in [2.75, 3.05) is 6.61 Å². The van der Waals surface area contributed by atoms with Crippen LogP contribution in [0.15, 0.2) is 39.7 Å². The molecule has 0 radical (unpaired) electrons. The van der Waals surface area contributed by atoms with Gasteiger partial charge < -0.3 is 34.3 Å². The molecule has 0 spiro atoms. The highest BCUT2D eigenvalue weighted by atomic mass is 16.6. The van der Waals surface area contributed by atoms with Crippen molar-refractivity contribution in [3.8, 4) is 5.75 Å². The van der Waals surface area contributed by atoms with Crippen molar-refractivity contribution in [2.24, 2.45) is 0 Å². The normalized spacial score (nSPS) is 26.8. The molecule has 0 amide bonds. The summed E-state index contributed by atoms with van der Waals surface area (Å²) >= 11 is 0. The average molecular weight is 419 g/mol. The Bertz CT molecular complexity index is 1090. The van der Waals surface area contributed by atoms with Gasteiger partial charge in [-0.25, -0.2) is 9.48 Å². The van der Waals surface area contributed by atoms with Gasteiger partial charge in [-0.15, -0.1) is 5.10 Å². The molecule has 0 unspecified atom stereocenters. The molecule has 3 heterocycles. The first-order valence-corrected chi connectivity index (χ1v) is 9.26. The van der Waals surface area contributed by atoms with Crippen molar-refractivity contribution in [3.63, 3.8) is 0 Å². The lowest BCUT2D eigenvalue weighted by molar-refractivity contribution is -0.254. The summed E-state index contributed by atoms with van der Waals surface area (Å²) in [5, 5.41) is 47.8. The van der Waals surface area contributed by atoms with Crippen LogP contribution in [-0.2, 0) is 11.3 Å². The molecule has 11 heteroatoms. The lowest BCUT2D eigenvalue weighted by atomic mass is 9.98. The molecule has 1 aliphatic heterocycles. The van der Waals surface area contributed by atoms with Crippen LogP contribution in [0, 0.1) is 6.92 Å². The van der Waals surface area contributed by atoms with Crippen LogP contribution in [0.3, 0.4) is 0 Å². The number of rotatable bonds is 5. The molecule has 160 valence electrons. The van der Waals surface area contributed by atoms with Gasteiger partial charge >= 0.3 is 5.63 Å². The Labute approximate surface area is 169 Å². The van der Waals surface area contributed by atoms with Crippen LogP contribution >= 0.6 is 0 Å². The first kappa shape index (κ1) is 20.4. The minimum atomic E-state index is -1.51. The van der Waals surface area contributed by atoms with Crippen molar-refractivity contribution < 1.29 is 34.3 Å². The lowest BCUT2D eigenvalue weighted by Crippen LogP contribution is -2.56. The number of hydrogen-bond acceptors (Lipinski definition) is 10. The van der Waals surface area contributed by atoms with E-state index in [0.717, 1.165) is 10.9 Å². The van der Waals surface area contributed by atoms with E-state index in [-0.39, 0.29) is 6.61 Å². The monoisotopic (exact) mass is 419 g/mol. The molecule has 3 aromatic rings. The summed E-state index contributed by atoms with van der Waals surface area (Å²) in [6.07, 6.45) is -5.17. The summed E-state index contributed by atoms with van der Waals surface area (Å²) in [6, 6.07) is 6.54. The highest BCUT2D eigenvalue weighted by Crippen LogP contribution is 2.28. The van der Waals surface area contributed by atoms with Crippen molar-refractivity contribution in [3.05, 3.63) is 52.1 Å². The fraction of sp³-hybridized carbons (Fsp3) is 0.421. The number of fused-ring (bicyclic) bond motifs is 1. The zero-order valence-electron chi connectivity index (χ0n) is 16.0. The van der Waals surface area contributed by atoms with E-state index in [4.69, 9.17) is 13.9 Å². The van der Waals surface area contributed by atoms with Crippen molar-refractivity contribution in [1.82, 2.24) is 15.0 Å². The summed E-state index contributed by atoms with van der Waals surface area (Å²) < 4.78 is 17.5. The predicted octanol–water partition coefficient (Wildman–Crippen LogP) is -0.756. The molecular formula is C19H21N3O8. The van der Waals surface area contributed by atoms with E-state index >= 15 is 0 Å². The Morgan fingerprint density at radius 2 is 1.97 bits per heavy atom. The third-order valence-corrected chi connectivity index (χ3v) is 5.00. The third kappa shape index (κ3) is 3.80. The standard InChI is InChI=1S/C19H21N3O8/c1-9-4-15(24)29-13-5-11(2-3-12(9)13)28-8-10-6-22(21-20-10)19-18(27)17(26)16(25)14(7-23)30-19/h2-6,14,16-19,23,25-27H,7-8H2,1H3/t14-,16-,17+,18-,19-/m1/s1. The summed E-state index contributed by atoms with van der Waals surface area (Å²) in [5.74, 6) is 0.457. The maximum absolute atomic E-state index is 11.6. The summed E-state index contributed by atoms with van der Waals surface area (Å²) in [7, 11) is 0. The zero-order chi connectivity index (χ0) is 21.4. The van der Waals surface area contributed by atoms with Gasteiger partial charge in [-0.3, -0.25) is 0 Å². The second-order valence-electron chi connectivity index (χ2n) is 7.10. The second-order valence-corrected chi connectivity index (χ2v) is 7.10. The number of aryl methyl sites for hydroxylation is 1. The SMILES string of the molecule is Cc1cc(=O)oc2cc(OCc3cn([C@@H]4O[C@H](CO)[C@@H](O)[C@H](O)[C@H]4O)nn3)ccc12. The molecule has 4 rings (SSSR count). The van der Waals surface area contributed by atoms with E-state index in [1.54, 1.807) is 18.2 Å². The molecule has 1 fully saturated rings. The van der Waals surface area contributed by atoms with Crippen molar-refractivity contribution >= 4 is 11.0 Å². The van der Waals surface area contributed by atoms with Gasteiger partial charge in [0.15, 0.2) is 6.23 Å². The maximum atomic E-state index is 11.6. The first-order chi connectivity index (χ1) is 14.4. The maximum Gasteiger partial charge on any atom is 0.336 e. The van der Waals surface area contributed by atoms with Crippen molar-refractivity contribution in [2.45, 2.75) is 44.2 Å². The third-order valence-electron chi connectivity index (χ3n) is 5.00. The molecule has 30 heavy (non-hydrogen) atoms. The van der Waals surface area contributed by atoms with Crippen molar-refractivity contribution in [1.29, 1.82) is 0 Å². The Morgan fingerprint density at radius 3 is 2.73 bits per heavy atom. The lowest BCUT2D eigenvalue weighted by Gasteiger charge is -2.39. The zero-order valence-corrected chi connectivity index (χ0v) is 16.0. The van der Waals surface area contributed by atoms with Crippen LogP contribution in [0.2, 0.25) is 0 Å². The molecule has 4 N–H and O–H groups in total. The van der Waals surface area contributed by atoms with Gasteiger partial charge in [0.1, 0.15) is 48.0 Å². The first-order valence-electron chi connectivity index (χ1n) is 9.26. The van der Waals surface area contributed by atoms with Gasteiger partial charge in [-0.2, -0.15) is 0 Å².